The molecule has 9 nitrogen and oxygen atoms in total. The van der Waals surface area contributed by atoms with Gasteiger partial charge in [0.1, 0.15) is 17.3 Å². The van der Waals surface area contributed by atoms with Gasteiger partial charge in [-0.15, -0.1) is 0 Å². The molecule has 1 unspecified atom stereocenters. The largest absolute Gasteiger partial charge is 0.481 e. The monoisotopic (exact) mass is 434 g/mol. The molecule has 11 heteroatoms. The highest BCUT2D eigenvalue weighted by Gasteiger charge is 2.87. The zero-order valence-corrected chi connectivity index (χ0v) is 17.5. The van der Waals surface area contributed by atoms with E-state index in [1.165, 1.54) is 11.8 Å². The Morgan fingerprint density at radius 2 is 1.76 bits per heavy atom. The Kier molecular flexibility index (Phi) is 6.14. The van der Waals surface area contributed by atoms with E-state index in [0.717, 1.165) is 0 Å². The number of hydrogen-bond donors (Lipinski definition) is 4. The maximum atomic E-state index is 14.7. The molecule has 164 valence electrons. The lowest BCUT2D eigenvalue weighted by Crippen LogP contribution is -2.67. The summed E-state index contributed by atoms with van der Waals surface area (Å²) in [5.74, 6) is -7.83. The van der Waals surface area contributed by atoms with E-state index in [4.69, 9.17) is 10.5 Å². The van der Waals surface area contributed by atoms with E-state index in [1.807, 2.05) is 0 Å². The summed E-state index contributed by atoms with van der Waals surface area (Å²) < 4.78 is 19.9. The first-order chi connectivity index (χ1) is 13.3. The lowest BCUT2D eigenvalue weighted by molar-refractivity contribution is -0.152. The average Bonchev–Trinajstić information content (AvgIpc) is 3.07. The Morgan fingerprint density at radius 1 is 1.21 bits per heavy atom. The van der Waals surface area contributed by atoms with E-state index >= 15 is 0 Å². The normalized spacial score (nSPS) is 32.6. The van der Waals surface area contributed by atoms with Crippen LogP contribution in [0.5, 0.6) is 0 Å². The van der Waals surface area contributed by atoms with Gasteiger partial charge in [0.05, 0.1) is 11.8 Å². The van der Waals surface area contributed by atoms with Crippen molar-refractivity contribution in [1.29, 1.82) is 0 Å². The SMILES string of the molecule is CSCC[C@@](NC(=O)OC(C)(C)C)(C(N)=O)[C@@]12C(C(=O)O)[C@@H](F)C[C@@H]1[C@@H]2C(=O)O. The fraction of sp³-hybridized carbons (Fsp3) is 0.778. The molecule has 2 amide bonds. The van der Waals surface area contributed by atoms with Crippen LogP contribution in [0.2, 0.25) is 0 Å². The molecule has 0 heterocycles. The number of amides is 2. The molecule has 2 aliphatic rings. The first kappa shape index (κ1) is 23.2. The molecule has 0 aliphatic heterocycles. The molecule has 0 bridgehead atoms. The highest BCUT2D eigenvalue weighted by atomic mass is 32.2. The Morgan fingerprint density at radius 3 is 2.17 bits per heavy atom. The van der Waals surface area contributed by atoms with Crippen molar-refractivity contribution in [2.75, 3.05) is 12.0 Å². The van der Waals surface area contributed by atoms with Crippen molar-refractivity contribution in [3.63, 3.8) is 0 Å². The summed E-state index contributed by atoms with van der Waals surface area (Å²) in [6.07, 6.45) is -1.68. The summed E-state index contributed by atoms with van der Waals surface area (Å²) in [5, 5.41) is 21.8. The Bertz CT molecular complexity index is 727. The van der Waals surface area contributed by atoms with Crippen molar-refractivity contribution in [1.82, 2.24) is 5.32 Å². The number of ether oxygens (including phenoxy) is 1. The number of fused-ring (bicyclic) bond motifs is 1. The Labute approximate surface area is 171 Å². The molecule has 0 saturated heterocycles. The lowest BCUT2D eigenvalue weighted by Gasteiger charge is -2.42. The molecule has 2 rings (SSSR count). The number of carbonyl (C=O) groups excluding carboxylic acids is 2. The predicted octanol–water partition coefficient (Wildman–Crippen LogP) is 1.25. The average molecular weight is 434 g/mol. The minimum atomic E-state index is -2.09. The maximum absolute atomic E-state index is 14.7. The van der Waals surface area contributed by atoms with Gasteiger partial charge in [-0.2, -0.15) is 11.8 Å². The lowest BCUT2D eigenvalue weighted by atomic mass is 9.68. The molecule has 2 aliphatic carbocycles. The minimum Gasteiger partial charge on any atom is -0.481 e. The van der Waals surface area contributed by atoms with Crippen molar-refractivity contribution in [2.24, 2.45) is 28.9 Å². The fourth-order valence-electron chi connectivity index (χ4n) is 5.02. The zero-order valence-electron chi connectivity index (χ0n) is 16.7. The maximum Gasteiger partial charge on any atom is 0.408 e. The molecule has 2 saturated carbocycles. The van der Waals surface area contributed by atoms with E-state index < -0.39 is 64.4 Å². The van der Waals surface area contributed by atoms with Crippen molar-refractivity contribution < 1.29 is 38.5 Å². The van der Waals surface area contributed by atoms with Crippen LogP contribution in [0.15, 0.2) is 0 Å². The van der Waals surface area contributed by atoms with Crippen LogP contribution in [0.25, 0.3) is 0 Å². The van der Waals surface area contributed by atoms with Gasteiger partial charge in [-0.05, 0) is 51.5 Å². The standard InChI is InChI=1S/C18H27FN2O7S/c1-16(2,3)28-15(27)21-17(14(20)26,5-6-29-4)18-8(10(18)12(22)23)7-9(19)11(18)13(24)25/h8-11H,5-7H2,1-4H3,(H2,20,26)(H,21,27)(H,22,23)(H,24,25)/t8-,9+,10-,11?,17-,18+/m1/s1. The highest BCUT2D eigenvalue weighted by Crippen LogP contribution is 2.76. The van der Waals surface area contributed by atoms with E-state index in [9.17, 15) is 33.8 Å². The summed E-state index contributed by atoms with van der Waals surface area (Å²) in [5.41, 5.74) is 0.760. The number of alkyl carbamates (subject to hydrolysis) is 1. The summed E-state index contributed by atoms with van der Waals surface area (Å²) in [4.78, 5) is 49.1. The summed E-state index contributed by atoms with van der Waals surface area (Å²) in [6, 6.07) is 0. The van der Waals surface area contributed by atoms with Crippen LogP contribution < -0.4 is 11.1 Å². The van der Waals surface area contributed by atoms with Crippen molar-refractivity contribution in [3.05, 3.63) is 0 Å². The molecule has 0 spiro atoms. The Hall–Kier alpha value is -2.04. The topological polar surface area (TPSA) is 156 Å². The third-order valence-electron chi connectivity index (χ3n) is 5.86. The molecule has 0 aromatic carbocycles. The summed E-state index contributed by atoms with van der Waals surface area (Å²) in [7, 11) is 0. The molecule has 2 fully saturated rings. The first-order valence-corrected chi connectivity index (χ1v) is 10.5. The molecular formula is C18H27FN2O7S. The van der Waals surface area contributed by atoms with Crippen LogP contribution in [0.1, 0.15) is 33.6 Å². The second-order valence-corrected chi connectivity index (χ2v) is 9.55. The van der Waals surface area contributed by atoms with Crippen molar-refractivity contribution in [3.8, 4) is 0 Å². The molecule has 0 aromatic heterocycles. The number of halogens is 1. The van der Waals surface area contributed by atoms with E-state index in [0.29, 0.717) is 0 Å². The second-order valence-electron chi connectivity index (χ2n) is 8.56. The Balaban J connectivity index is 2.64. The zero-order chi connectivity index (χ0) is 22.4. The van der Waals surface area contributed by atoms with Gasteiger partial charge in [-0.1, -0.05) is 0 Å². The number of carbonyl (C=O) groups is 4. The fourth-order valence-corrected chi connectivity index (χ4v) is 5.53. The highest BCUT2D eigenvalue weighted by molar-refractivity contribution is 7.98. The number of carboxylic acids is 2. The third kappa shape index (κ3) is 3.64. The first-order valence-electron chi connectivity index (χ1n) is 9.16. The number of hydrogen-bond acceptors (Lipinski definition) is 6. The van der Waals surface area contributed by atoms with Gasteiger partial charge in [-0.3, -0.25) is 14.4 Å². The van der Waals surface area contributed by atoms with Gasteiger partial charge < -0.3 is 26.0 Å². The smallest absolute Gasteiger partial charge is 0.408 e. The quantitative estimate of drug-likeness (QED) is 0.445. The van der Waals surface area contributed by atoms with Gasteiger partial charge in [0.2, 0.25) is 5.91 Å². The van der Waals surface area contributed by atoms with Crippen LogP contribution in [0.4, 0.5) is 9.18 Å². The number of nitrogens with two attached hydrogens (primary N) is 1. The van der Waals surface area contributed by atoms with Crippen LogP contribution in [0, 0.1) is 23.2 Å². The molecule has 6 atom stereocenters. The molecule has 0 radical (unpaired) electrons. The van der Waals surface area contributed by atoms with Crippen molar-refractivity contribution in [2.45, 2.75) is 50.9 Å². The van der Waals surface area contributed by atoms with E-state index in [1.54, 1.807) is 27.0 Å². The van der Waals surface area contributed by atoms with Crippen LogP contribution >= 0.6 is 11.8 Å². The number of rotatable bonds is 8. The number of carboxylic acid groups (broad SMARTS) is 2. The second kappa shape index (κ2) is 7.66. The van der Waals surface area contributed by atoms with E-state index in [2.05, 4.69) is 5.32 Å². The minimum absolute atomic E-state index is 0.153. The van der Waals surface area contributed by atoms with Gasteiger partial charge >= 0.3 is 18.0 Å². The van der Waals surface area contributed by atoms with E-state index in [-0.39, 0.29) is 18.6 Å². The van der Waals surface area contributed by atoms with Gasteiger partial charge in [-0.25, -0.2) is 9.18 Å². The van der Waals surface area contributed by atoms with Gasteiger partial charge in [0.15, 0.2) is 0 Å². The number of thioether (sulfide) groups is 1. The predicted molar refractivity (Wildman–Crippen MR) is 102 cm³/mol. The van der Waals surface area contributed by atoms with Crippen molar-refractivity contribution >= 4 is 35.7 Å². The van der Waals surface area contributed by atoms with Crippen LogP contribution in [-0.4, -0.2) is 63.5 Å². The van der Waals surface area contributed by atoms with Gasteiger partial charge in [0, 0.05) is 5.41 Å². The molecule has 0 aromatic rings. The molecule has 29 heavy (non-hydrogen) atoms. The van der Waals surface area contributed by atoms with Gasteiger partial charge in [0.25, 0.3) is 0 Å². The number of aliphatic carboxylic acids is 2. The number of nitrogens with one attached hydrogen (secondary N) is 1. The number of alkyl halides is 1. The number of primary amides is 1. The van der Waals surface area contributed by atoms with Crippen LogP contribution in [0.3, 0.4) is 0 Å². The third-order valence-corrected chi connectivity index (χ3v) is 6.48. The summed E-state index contributed by atoms with van der Waals surface area (Å²) >= 11 is 1.29. The molecule has 5 N–H and O–H groups in total. The molecular weight excluding hydrogens is 407 g/mol. The van der Waals surface area contributed by atoms with Crippen LogP contribution in [-0.2, 0) is 19.1 Å². The summed E-state index contributed by atoms with van der Waals surface area (Å²) in [6.45, 7) is 4.77.